The first-order valence-corrected chi connectivity index (χ1v) is 10.5. The second-order valence-corrected chi connectivity index (χ2v) is 8.10. The van der Waals surface area contributed by atoms with Gasteiger partial charge in [-0.15, -0.1) is 0 Å². The third-order valence-corrected chi connectivity index (χ3v) is 5.77. The first-order chi connectivity index (χ1) is 14.9. The van der Waals surface area contributed by atoms with Crippen LogP contribution in [0.1, 0.15) is 10.4 Å². The molecule has 0 aliphatic carbocycles. The highest BCUT2D eigenvalue weighted by Crippen LogP contribution is 2.29. The Kier molecular flexibility index (Phi) is 5.99. The van der Waals surface area contributed by atoms with Gasteiger partial charge in [-0.3, -0.25) is 14.4 Å². The Morgan fingerprint density at radius 1 is 1.10 bits per heavy atom. The SMILES string of the molecule is CN1CC(=O)Nc2cc(C(=O)NCC(=O)N3CCN(c4cccc(Cl)c4)CC3)ccc21. The van der Waals surface area contributed by atoms with E-state index in [1.807, 2.05) is 36.2 Å². The van der Waals surface area contributed by atoms with E-state index in [0.717, 1.165) is 11.4 Å². The molecule has 2 aromatic carbocycles. The van der Waals surface area contributed by atoms with Gasteiger partial charge in [0.05, 0.1) is 24.5 Å². The van der Waals surface area contributed by atoms with Gasteiger partial charge < -0.3 is 25.3 Å². The maximum absolute atomic E-state index is 12.6. The van der Waals surface area contributed by atoms with Crippen LogP contribution in [0.15, 0.2) is 42.5 Å². The van der Waals surface area contributed by atoms with Gasteiger partial charge in [0.1, 0.15) is 0 Å². The average Bonchev–Trinajstić information content (AvgIpc) is 2.76. The lowest BCUT2D eigenvalue weighted by molar-refractivity contribution is -0.130. The summed E-state index contributed by atoms with van der Waals surface area (Å²) in [6.45, 7) is 2.78. The summed E-state index contributed by atoms with van der Waals surface area (Å²) in [5.41, 5.74) is 2.88. The second kappa shape index (κ2) is 8.85. The normalized spacial score (nSPS) is 15.9. The van der Waals surface area contributed by atoms with Gasteiger partial charge in [0.25, 0.3) is 5.91 Å². The predicted molar refractivity (Wildman–Crippen MR) is 121 cm³/mol. The molecule has 3 amide bonds. The molecule has 8 nitrogen and oxygen atoms in total. The van der Waals surface area contributed by atoms with Gasteiger partial charge in [-0.2, -0.15) is 0 Å². The summed E-state index contributed by atoms with van der Waals surface area (Å²) in [6, 6.07) is 12.8. The van der Waals surface area contributed by atoms with Crippen molar-refractivity contribution < 1.29 is 14.4 Å². The Hall–Kier alpha value is -3.26. The number of rotatable bonds is 4. The minimum Gasteiger partial charge on any atom is -0.368 e. The molecule has 1 fully saturated rings. The Balaban J connectivity index is 1.30. The smallest absolute Gasteiger partial charge is 0.251 e. The number of carbonyl (C=O) groups excluding carboxylic acids is 3. The Morgan fingerprint density at radius 3 is 2.61 bits per heavy atom. The number of hydrogen-bond donors (Lipinski definition) is 2. The van der Waals surface area contributed by atoms with Crippen molar-refractivity contribution in [3.8, 4) is 0 Å². The molecule has 162 valence electrons. The van der Waals surface area contributed by atoms with E-state index in [2.05, 4.69) is 15.5 Å². The van der Waals surface area contributed by atoms with Gasteiger partial charge >= 0.3 is 0 Å². The molecule has 0 unspecified atom stereocenters. The van der Waals surface area contributed by atoms with Crippen LogP contribution in [-0.2, 0) is 9.59 Å². The molecular formula is C22H24ClN5O3. The molecule has 0 radical (unpaired) electrons. The van der Waals surface area contributed by atoms with Crippen molar-refractivity contribution >= 4 is 46.4 Å². The molecule has 9 heteroatoms. The van der Waals surface area contributed by atoms with E-state index < -0.39 is 0 Å². The average molecular weight is 442 g/mol. The molecular weight excluding hydrogens is 418 g/mol. The molecule has 2 aromatic rings. The summed E-state index contributed by atoms with van der Waals surface area (Å²) in [7, 11) is 1.82. The van der Waals surface area contributed by atoms with Gasteiger partial charge in [0.2, 0.25) is 11.8 Å². The van der Waals surface area contributed by atoms with Crippen LogP contribution < -0.4 is 20.4 Å². The third-order valence-electron chi connectivity index (χ3n) is 5.53. The van der Waals surface area contributed by atoms with E-state index >= 15 is 0 Å². The molecule has 4 rings (SSSR count). The van der Waals surface area contributed by atoms with Gasteiger partial charge in [-0.05, 0) is 36.4 Å². The van der Waals surface area contributed by atoms with Crippen LogP contribution in [0.5, 0.6) is 0 Å². The van der Waals surface area contributed by atoms with E-state index in [-0.39, 0.29) is 30.8 Å². The van der Waals surface area contributed by atoms with Crippen LogP contribution >= 0.6 is 11.6 Å². The number of halogens is 1. The summed E-state index contributed by atoms with van der Waals surface area (Å²) in [5, 5.41) is 6.15. The minimum absolute atomic E-state index is 0.0701. The topological polar surface area (TPSA) is 85.0 Å². The highest BCUT2D eigenvalue weighted by molar-refractivity contribution is 6.30. The maximum Gasteiger partial charge on any atom is 0.251 e. The number of nitrogens with zero attached hydrogens (tertiary/aromatic N) is 3. The van der Waals surface area contributed by atoms with Crippen molar-refractivity contribution in [3.63, 3.8) is 0 Å². The lowest BCUT2D eigenvalue weighted by Crippen LogP contribution is -2.51. The van der Waals surface area contributed by atoms with Crippen molar-refractivity contribution in [2.24, 2.45) is 0 Å². The number of piperazine rings is 1. The fourth-order valence-electron chi connectivity index (χ4n) is 3.86. The highest BCUT2D eigenvalue weighted by atomic mass is 35.5. The van der Waals surface area contributed by atoms with Gasteiger partial charge in [0.15, 0.2) is 0 Å². The summed E-state index contributed by atoms with van der Waals surface area (Å²) < 4.78 is 0. The minimum atomic E-state index is -0.351. The van der Waals surface area contributed by atoms with Crippen LogP contribution in [0.4, 0.5) is 17.1 Å². The summed E-state index contributed by atoms with van der Waals surface area (Å²) >= 11 is 6.06. The van der Waals surface area contributed by atoms with Crippen LogP contribution in [0.3, 0.4) is 0 Å². The number of anilines is 3. The second-order valence-electron chi connectivity index (χ2n) is 7.67. The molecule has 0 aromatic heterocycles. The molecule has 2 heterocycles. The number of fused-ring (bicyclic) bond motifs is 1. The molecule has 0 spiro atoms. The lowest BCUT2D eigenvalue weighted by Gasteiger charge is -2.36. The standard InChI is InChI=1S/C22H24ClN5O3/c1-26-14-20(29)25-18-11-15(5-6-19(18)26)22(31)24-13-21(30)28-9-7-27(8-10-28)17-4-2-3-16(23)12-17/h2-6,11-12H,7-10,13-14H2,1H3,(H,24,31)(H,25,29). The first-order valence-electron chi connectivity index (χ1n) is 10.1. The molecule has 2 aliphatic heterocycles. The Labute approximate surface area is 185 Å². The van der Waals surface area contributed by atoms with E-state index in [0.29, 0.717) is 42.5 Å². The van der Waals surface area contributed by atoms with E-state index in [4.69, 9.17) is 11.6 Å². The fourth-order valence-corrected chi connectivity index (χ4v) is 4.04. The molecule has 2 aliphatic rings. The van der Waals surface area contributed by atoms with Crippen molar-refractivity contribution in [1.29, 1.82) is 0 Å². The van der Waals surface area contributed by atoms with E-state index in [9.17, 15) is 14.4 Å². The third kappa shape index (κ3) is 4.74. The molecule has 0 atom stereocenters. The number of amides is 3. The zero-order valence-corrected chi connectivity index (χ0v) is 18.0. The molecule has 0 bridgehead atoms. The summed E-state index contributed by atoms with van der Waals surface area (Å²) in [4.78, 5) is 42.6. The first kappa shape index (κ1) is 21.0. The zero-order chi connectivity index (χ0) is 22.0. The largest absolute Gasteiger partial charge is 0.368 e. The monoisotopic (exact) mass is 441 g/mol. The molecule has 2 N–H and O–H groups in total. The predicted octanol–water partition coefficient (Wildman–Crippen LogP) is 1.81. The maximum atomic E-state index is 12.6. The number of hydrogen-bond acceptors (Lipinski definition) is 5. The van der Waals surface area contributed by atoms with Crippen LogP contribution in [-0.4, -0.2) is 68.9 Å². The quantitative estimate of drug-likeness (QED) is 0.755. The van der Waals surface area contributed by atoms with E-state index in [1.165, 1.54) is 0 Å². The van der Waals surface area contributed by atoms with Crippen LogP contribution in [0, 0.1) is 0 Å². The number of carbonyl (C=O) groups is 3. The van der Waals surface area contributed by atoms with Crippen LogP contribution in [0.2, 0.25) is 5.02 Å². The number of benzene rings is 2. The van der Waals surface area contributed by atoms with E-state index in [1.54, 1.807) is 23.1 Å². The highest BCUT2D eigenvalue weighted by Gasteiger charge is 2.23. The van der Waals surface area contributed by atoms with Crippen molar-refractivity contribution in [2.75, 3.05) is 61.4 Å². The number of likely N-dealkylation sites (N-methyl/N-ethyl adjacent to an activating group) is 1. The fraction of sp³-hybridized carbons (Fsp3) is 0.318. The van der Waals surface area contributed by atoms with Gasteiger partial charge in [0, 0.05) is 49.5 Å². The molecule has 31 heavy (non-hydrogen) atoms. The number of nitrogens with one attached hydrogen (secondary N) is 2. The van der Waals surface area contributed by atoms with Gasteiger partial charge in [-0.25, -0.2) is 0 Å². The lowest BCUT2D eigenvalue weighted by atomic mass is 10.1. The molecule has 0 saturated carbocycles. The Bertz CT molecular complexity index is 1020. The van der Waals surface area contributed by atoms with Crippen molar-refractivity contribution in [3.05, 3.63) is 53.1 Å². The zero-order valence-electron chi connectivity index (χ0n) is 17.2. The van der Waals surface area contributed by atoms with Crippen LogP contribution in [0.25, 0.3) is 0 Å². The summed E-state index contributed by atoms with van der Waals surface area (Å²) in [6.07, 6.45) is 0. The van der Waals surface area contributed by atoms with Crippen molar-refractivity contribution in [2.45, 2.75) is 0 Å². The Morgan fingerprint density at radius 2 is 1.87 bits per heavy atom. The molecule has 1 saturated heterocycles. The summed E-state index contributed by atoms with van der Waals surface area (Å²) in [5.74, 6) is -0.596. The van der Waals surface area contributed by atoms with Gasteiger partial charge in [-0.1, -0.05) is 17.7 Å². The van der Waals surface area contributed by atoms with Crippen molar-refractivity contribution in [1.82, 2.24) is 10.2 Å².